The maximum absolute atomic E-state index is 13.8. The normalized spacial score (nSPS) is 20.4. The van der Waals surface area contributed by atoms with Crippen molar-refractivity contribution in [1.82, 2.24) is 5.32 Å². The molecule has 6 nitrogen and oxygen atoms in total. The van der Waals surface area contributed by atoms with Gasteiger partial charge in [0.05, 0.1) is 5.84 Å². The summed E-state index contributed by atoms with van der Waals surface area (Å²) in [6.07, 6.45) is 0.849. The molecule has 2 amide bonds. The van der Waals surface area contributed by atoms with Crippen molar-refractivity contribution in [2.24, 2.45) is 22.6 Å². The fourth-order valence-electron chi connectivity index (χ4n) is 3.79. The van der Waals surface area contributed by atoms with Crippen LogP contribution in [0.25, 0.3) is 0 Å². The van der Waals surface area contributed by atoms with E-state index in [-0.39, 0.29) is 23.8 Å². The first kappa shape index (κ1) is 21.6. The maximum Gasteiger partial charge on any atom is 0.319 e. The van der Waals surface area contributed by atoms with E-state index in [2.05, 4.69) is 17.6 Å². The third-order valence-electron chi connectivity index (χ3n) is 5.30. The Balaban J connectivity index is 2.13. The van der Waals surface area contributed by atoms with Gasteiger partial charge < -0.3 is 16.4 Å². The van der Waals surface area contributed by atoms with Gasteiger partial charge in [-0.2, -0.15) is 0 Å². The Morgan fingerprint density at radius 1 is 1.10 bits per heavy atom. The smallest absolute Gasteiger partial charge is 0.319 e. The van der Waals surface area contributed by atoms with Crippen LogP contribution in [0.15, 0.2) is 59.6 Å². The van der Waals surface area contributed by atoms with Crippen molar-refractivity contribution in [2.45, 2.75) is 45.7 Å². The van der Waals surface area contributed by atoms with Gasteiger partial charge in [0, 0.05) is 17.6 Å². The maximum atomic E-state index is 13.8. The van der Waals surface area contributed by atoms with Crippen LogP contribution < -0.4 is 16.4 Å². The average molecular weight is 407 g/mol. The van der Waals surface area contributed by atoms with E-state index in [1.165, 1.54) is 0 Å². The Labute approximate surface area is 178 Å². The number of hydrogen-bond donors (Lipinski definition) is 3. The molecule has 2 aromatic rings. The van der Waals surface area contributed by atoms with Gasteiger partial charge in [-0.05, 0) is 56.4 Å². The molecule has 0 spiro atoms. The summed E-state index contributed by atoms with van der Waals surface area (Å²) in [6.45, 7) is 7.56. The zero-order valence-electron chi connectivity index (χ0n) is 18.0. The minimum Gasteiger partial charge on any atom is -0.388 e. The molecule has 3 rings (SSSR count). The molecule has 0 heterocycles. The van der Waals surface area contributed by atoms with Crippen molar-refractivity contribution in [3.8, 4) is 0 Å². The number of nitrogens with two attached hydrogens (primary N) is 1. The fourth-order valence-corrected chi connectivity index (χ4v) is 3.79. The van der Waals surface area contributed by atoms with Gasteiger partial charge in [0.25, 0.3) is 0 Å². The average Bonchev–Trinajstić information content (AvgIpc) is 3.42. The topological polar surface area (TPSA) is 96.6 Å². The van der Waals surface area contributed by atoms with Crippen LogP contribution in [0.4, 0.5) is 10.5 Å². The van der Waals surface area contributed by atoms with Crippen LogP contribution in [0.2, 0.25) is 0 Å². The number of nitrogens with one attached hydrogen (secondary N) is 2. The number of rotatable bonds is 7. The van der Waals surface area contributed by atoms with Crippen molar-refractivity contribution in [3.05, 3.63) is 65.7 Å². The van der Waals surface area contributed by atoms with E-state index < -0.39 is 5.54 Å². The molecule has 1 saturated carbocycles. The summed E-state index contributed by atoms with van der Waals surface area (Å²) < 4.78 is 0. The number of amides is 2. The van der Waals surface area contributed by atoms with Gasteiger partial charge in [0.1, 0.15) is 0 Å². The van der Waals surface area contributed by atoms with E-state index >= 15 is 0 Å². The van der Waals surface area contributed by atoms with E-state index in [1.807, 2.05) is 62.4 Å². The Morgan fingerprint density at radius 3 is 2.30 bits per heavy atom. The number of carbonyl (C=O) groups excluding carboxylic acids is 2. The van der Waals surface area contributed by atoms with Crippen LogP contribution in [0.1, 0.15) is 45.2 Å². The second-order valence-electron chi connectivity index (χ2n) is 8.35. The first-order valence-electron chi connectivity index (χ1n) is 10.3. The molecule has 0 radical (unpaired) electrons. The summed E-state index contributed by atoms with van der Waals surface area (Å²) in [7, 11) is 0. The molecular formula is C24H30N4O2. The number of benzene rings is 2. The van der Waals surface area contributed by atoms with Gasteiger partial charge in [-0.25, -0.2) is 9.79 Å². The largest absolute Gasteiger partial charge is 0.388 e. The molecule has 30 heavy (non-hydrogen) atoms. The summed E-state index contributed by atoms with van der Waals surface area (Å²) in [4.78, 5) is 30.7. The van der Waals surface area contributed by atoms with E-state index in [1.54, 1.807) is 13.0 Å². The first-order valence-corrected chi connectivity index (χ1v) is 10.3. The molecule has 1 aliphatic carbocycles. The van der Waals surface area contributed by atoms with Gasteiger partial charge in [-0.3, -0.25) is 4.79 Å². The summed E-state index contributed by atoms with van der Waals surface area (Å²) in [5.41, 5.74) is 6.83. The third kappa shape index (κ3) is 4.53. The lowest BCUT2D eigenvalue weighted by molar-refractivity contribution is -0.124. The molecule has 0 bridgehead atoms. The molecule has 0 aromatic heterocycles. The Hall–Kier alpha value is -3.15. The van der Waals surface area contributed by atoms with Crippen molar-refractivity contribution in [1.29, 1.82) is 0 Å². The highest BCUT2D eigenvalue weighted by Crippen LogP contribution is 2.47. The fraction of sp³-hybridized carbons (Fsp3) is 0.375. The van der Waals surface area contributed by atoms with Crippen molar-refractivity contribution in [2.75, 3.05) is 5.32 Å². The lowest BCUT2D eigenvalue weighted by atomic mass is 9.77. The molecule has 1 fully saturated rings. The number of Topliss-reactive ketones (excluding diaryl/α,β-unsaturated/α-hetero) is 1. The Morgan fingerprint density at radius 2 is 1.73 bits per heavy atom. The standard InChI is InChI=1S/C24H30N4O2/c1-15(2)26-23(30)27-20-12-8-11-19(14-20)24(28-17(4)25,18-9-6-5-7-10-18)22(29)21-13-16(21)3/h5-12,14-16,21H,13H2,1-4H3,(H2,25,28)(H2,26,27,30). The van der Waals surface area contributed by atoms with Crippen LogP contribution in [0.3, 0.4) is 0 Å². The van der Waals surface area contributed by atoms with Gasteiger partial charge >= 0.3 is 6.03 Å². The van der Waals surface area contributed by atoms with Crippen LogP contribution in [-0.2, 0) is 10.3 Å². The molecule has 4 N–H and O–H groups in total. The number of aliphatic imine (C=N–C) groups is 1. The van der Waals surface area contributed by atoms with E-state index in [9.17, 15) is 9.59 Å². The number of hydrogen-bond acceptors (Lipinski definition) is 3. The lowest BCUT2D eigenvalue weighted by Crippen LogP contribution is -2.39. The summed E-state index contributed by atoms with van der Waals surface area (Å²) in [5, 5.41) is 5.65. The zero-order chi connectivity index (χ0) is 21.9. The SMILES string of the molecule is CC(N)=NC(C(=O)C1CC1C)(c1ccccc1)c1cccc(NC(=O)NC(C)C)c1. The number of ketones is 1. The minimum absolute atomic E-state index is 0.0130. The summed E-state index contributed by atoms with van der Waals surface area (Å²) in [6, 6.07) is 16.5. The van der Waals surface area contributed by atoms with Crippen molar-refractivity contribution in [3.63, 3.8) is 0 Å². The predicted octanol–water partition coefficient (Wildman–Crippen LogP) is 4.06. The number of anilines is 1. The molecule has 158 valence electrons. The summed E-state index contributed by atoms with van der Waals surface area (Å²) >= 11 is 0. The molecule has 3 atom stereocenters. The van der Waals surface area contributed by atoms with Gasteiger partial charge in [-0.15, -0.1) is 0 Å². The Bertz CT molecular complexity index is 951. The quantitative estimate of drug-likeness (QED) is 0.478. The molecular weight excluding hydrogens is 376 g/mol. The first-order chi connectivity index (χ1) is 14.2. The number of nitrogens with zero attached hydrogens (tertiary/aromatic N) is 1. The van der Waals surface area contributed by atoms with Crippen molar-refractivity contribution >= 4 is 23.3 Å². The van der Waals surface area contributed by atoms with Crippen LogP contribution in [0, 0.1) is 11.8 Å². The summed E-state index contributed by atoms with van der Waals surface area (Å²) in [5.74, 6) is 0.632. The van der Waals surface area contributed by atoms with E-state index in [4.69, 9.17) is 10.7 Å². The van der Waals surface area contributed by atoms with Crippen LogP contribution >= 0.6 is 0 Å². The number of amidine groups is 1. The van der Waals surface area contributed by atoms with Gasteiger partial charge in [0.2, 0.25) is 0 Å². The predicted molar refractivity (Wildman–Crippen MR) is 121 cm³/mol. The minimum atomic E-state index is -1.25. The number of carbonyl (C=O) groups is 2. The van der Waals surface area contributed by atoms with Gasteiger partial charge in [-0.1, -0.05) is 49.4 Å². The molecule has 3 unspecified atom stereocenters. The Kier molecular flexibility index (Phi) is 6.25. The second kappa shape index (κ2) is 8.69. The van der Waals surface area contributed by atoms with E-state index in [0.29, 0.717) is 23.0 Å². The molecule has 0 aliphatic heterocycles. The zero-order valence-corrected chi connectivity index (χ0v) is 18.0. The highest BCUT2D eigenvalue weighted by molar-refractivity contribution is 5.99. The molecule has 0 saturated heterocycles. The monoisotopic (exact) mass is 406 g/mol. The second-order valence-corrected chi connectivity index (χ2v) is 8.35. The van der Waals surface area contributed by atoms with Crippen LogP contribution in [0.5, 0.6) is 0 Å². The molecule has 2 aromatic carbocycles. The number of urea groups is 1. The molecule has 6 heteroatoms. The lowest BCUT2D eigenvalue weighted by Gasteiger charge is -2.31. The van der Waals surface area contributed by atoms with Crippen LogP contribution in [-0.4, -0.2) is 23.7 Å². The highest BCUT2D eigenvalue weighted by atomic mass is 16.2. The third-order valence-corrected chi connectivity index (χ3v) is 5.30. The van der Waals surface area contributed by atoms with Gasteiger partial charge in [0.15, 0.2) is 11.3 Å². The highest BCUT2D eigenvalue weighted by Gasteiger charge is 2.52. The molecule has 1 aliphatic rings. The van der Waals surface area contributed by atoms with Crippen molar-refractivity contribution < 1.29 is 9.59 Å². The van der Waals surface area contributed by atoms with E-state index in [0.717, 1.165) is 12.0 Å².